The molecule has 0 heterocycles. The highest BCUT2D eigenvalue weighted by Gasteiger charge is 2.32. The summed E-state index contributed by atoms with van der Waals surface area (Å²) in [5.41, 5.74) is -2.07. The van der Waals surface area contributed by atoms with E-state index in [2.05, 4.69) is 4.74 Å². The van der Waals surface area contributed by atoms with Crippen LogP contribution in [0.4, 0.5) is 30.7 Å². The van der Waals surface area contributed by atoms with Crippen LogP contribution >= 0.6 is 0 Å². The van der Waals surface area contributed by atoms with Gasteiger partial charge in [0.25, 0.3) is 0 Å². The lowest BCUT2D eigenvalue weighted by Gasteiger charge is -2.13. The topological polar surface area (TPSA) is 9.23 Å². The second-order valence-electron chi connectivity index (χ2n) is 4.63. The van der Waals surface area contributed by atoms with E-state index >= 15 is 0 Å². The summed E-state index contributed by atoms with van der Waals surface area (Å²) in [4.78, 5) is 0. The van der Waals surface area contributed by atoms with Crippen molar-refractivity contribution < 1.29 is 35.5 Å². The van der Waals surface area contributed by atoms with Gasteiger partial charge in [0.15, 0.2) is 0 Å². The van der Waals surface area contributed by atoms with Gasteiger partial charge in [-0.3, -0.25) is 0 Å². The molecule has 0 saturated heterocycles. The lowest BCUT2D eigenvalue weighted by Crippen LogP contribution is -2.17. The summed E-state index contributed by atoms with van der Waals surface area (Å²) in [6.45, 7) is 0. The van der Waals surface area contributed by atoms with Gasteiger partial charge in [-0.15, -0.1) is 19.6 Å². The normalized spacial score (nSPS) is 11.9. The highest BCUT2D eigenvalue weighted by Crippen LogP contribution is 2.35. The van der Waals surface area contributed by atoms with Crippen LogP contribution in [0.25, 0.3) is 11.1 Å². The summed E-state index contributed by atoms with van der Waals surface area (Å²) in [7, 11) is 0. The van der Waals surface area contributed by atoms with E-state index in [9.17, 15) is 30.7 Å². The molecule has 0 aliphatic heterocycles. The summed E-state index contributed by atoms with van der Waals surface area (Å²) >= 11 is 0. The van der Waals surface area contributed by atoms with Crippen molar-refractivity contribution in [2.45, 2.75) is 12.5 Å². The van der Waals surface area contributed by atoms with Crippen LogP contribution in [0.2, 0.25) is 0 Å². The first-order valence-electron chi connectivity index (χ1n) is 6.24. The van der Waals surface area contributed by atoms with Gasteiger partial charge in [0.2, 0.25) is 0 Å². The number of hydrogen-bond acceptors (Lipinski definition) is 1. The second-order valence-corrected chi connectivity index (χ2v) is 4.63. The molecule has 0 amide bonds. The summed E-state index contributed by atoms with van der Waals surface area (Å²) in [6.07, 6.45) is -4.66. The maximum atomic E-state index is 13.9. The molecule has 0 bridgehead atoms. The maximum absolute atomic E-state index is 13.9. The minimum atomic E-state index is -5.03. The fraction of sp³-hybridized carbons (Fsp3) is 0.125. The Kier molecular flexibility index (Phi) is 4.47. The smallest absolute Gasteiger partial charge is 0.406 e. The number of rotatable bonds is 2. The number of alkyl halides is 6. The van der Waals surface area contributed by atoms with Crippen LogP contribution in [0.3, 0.4) is 0 Å². The quantitative estimate of drug-likeness (QED) is 0.522. The Balaban J connectivity index is 2.60. The van der Waals surface area contributed by atoms with E-state index in [0.717, 1.165) is 18.2 Å². The summed E-state index contributed by atoms with van der Waals surface area (Å²) in [5, 5.41) is 0. The van der Waals surface area contributed by atoms with E-state index in [0.29, 0.717) is 18.2 Å². The van der Waals surface area contributed by atoms with Gasteiger partial charge in [0.1, 0.15) is 11.6 Å². The van der Waals surface area contributed by atoms with E-state index in [1.54, 1.807) is 0 Å². The van der Waals surface area contributed by atoms with Gasteiger partial charge >= 0.3 is 12.5 Å². The number of benzene rings is 2. The largest absolute Gasteiger partial charge is 0.573 e. The average molecular weight is 348 g/mol. The molecule has 0 aromatic heterocycles. The van der Waals surface area contributed by atoms with Crippen LogP contribution < -0.4 is 4.74 Å². The predicted molar refractivity (Wildman–Crippen MR) is 71.5 cm³/mol. The Hall–Kier alpha value is -2.69. The molecule has 0 unspecified atom stereocenters. The standard InChI is InChI=1S/C16H7F7O/c1-2-9-5-10(7-12(6-9)24-16(21,22)23)13-8-11(15(18,19)20)3-4-14(13)17/h1,3-8H. The van der Waals surface area contributed by atoms with E-state index in [1.165, 1.54) is 0 Å². The Morgan fingerprint density at radius 2 is 1.58 bits per heavy atom. The van der Waals surface area contributed by atoms with Crippen molar-refractivity contribution in [2.24, 2.45) is 0 Å². The Bertz CT molecular complexity index is 798. The third-order valence-corrected chi connectivity index (χ3v) is 2.91. The van der Waals surface area contributed by atoms with E-state index < -0.39 is 35.2 Å². The first-order valence-corrected chi connectivity index (χ1v) is 6.24. The Labute approximate surface area is 131 Å². The number of hydrogen-bond donors (Lipinski definition) is 0. The second kappa shape index (κ2) is 6.07. The SMILES string of the molecule is C#Cc1cc(OC(F)(F)F)cc(-c2cc(C(F)(F)F)ccc2F)c1. The molecule has 0 N–H and O–H groups in total. The van der Waals surface area contributed by atoms with Crippen LogP contribution in [0, 0.1) is 18.2 Å². The van der Waals surface area contributed by atoms with Crippen molar-refractivity contribution in [3.8, 4) is 29.2 Å². The maximum Gasteiger partial charge on any atom is 0.573 e. The highest BCUT2D eigenvalue weighted by molar-refractivity contribution is 5.69. The Morgan fingerprint density at radius 3 is 2.12 bits per heavy atom. The van der Waals surface area contributed by atoms with Gasteiger partial charge < -0.3 is 4.74 Å². The van der Waals surface area contributed by atoms with Crippen LogP contribution in [-0.2, 0) is 6.18 Å². The monoisotopic (exact) mass is 348 g/mol. The minimum Gasteiger partial charge on any atom is -0.406 e. The van der Waals surface area contributed by atoms with Gasteiger partial charge in [-0.25, -0.2) is 4.39 Å². The molecule has 2 aromatic carbocycles. The number of ether oxygens (including phenoxy) is 1. The van der Waals surface area contributed by atoms with Gasteiger partial charge in [0.05, 0.1) is 5.56 Å². The molecule has 0 fully saturated rings. The van der Waals surface area contributed by atoms with Crippen molar-refractivity contribution >= 4 is 0 Å². The molecule has 8 heteroatoms. The van der Waals surface area contributed by atoms with Gasteiger partial charge in [0, 0.05) is 11.1 Å². The first-order chi connectivity index (χ1) is 11.0. The van der Waals surface area contributed by atoms with Crippen LogP contribution in [0.1, 0.15) is 11.1 Å². The van der Waals surface area contributed by atoms with Gasteiger partial charge in [-0.2, -0.15) is 13.2 Å². The van der Waals surface area contributed by atoms with Crippen molar-refractivity contribution in [1.29, 1.82) is 0 Å². The minimum absolute atomic E-state index is 0.108. The fourth-order valence-electron chi connectivity index (χ4n) is 1.95. The molecule has 24 heavy (non-hydrogen) atoms. The molecule has 2 rings (SSSR count). The van der Waals surface area contributed by atoms with Crippen molar-refractivity contribution in [1.82, 2.24) is 0 Å². The fourth-order valence-corrected chi connectivity index (χ4v) is 1.95. The Morgan fingerprint density at radius 1 is 0.917 bits per heavy atom. The molecular formula is C16H7F7O. The van der Waals surface area contributed by atoms with Crippen molar-refractivity contribution in [3.63, 3.8) is 0 Å². The molecule has 0 radical (unpaired) electrons. The zero-order chi connectivity index (χ0) is 18.1. The molecule has 0 saturated carbocycles. The summed E-state index contributed by atoms with van der Waals surface area (Å²) in [6, 6.07) is 4.29. The molecular weight excluding hydrogens is 341 g/mol. The zero-order valence-electron chi connectivity index (χ0n) is 11.6. The van der Waals surface area contributed by atoms with Gasteiger partial charge in [-0.05, 0) is 42.0 Å². The van der Waals surface area contributed by atoms with Crippen molar-refractivity contribution in [3.05, 3.63) is 53.3 Å². The molecule has 0 aliphatic rings. The molecule has 0 aliphatic carbocycles. The van der Waals surface area contributed by atoms with Gasteiger partial charge in [-0.1, -0.05) is 5.92 Å². The molecule has 2 aromatic rings. The zero-order valence-corrected chi connectivity index (χ0v) is 11.6. The van der Waals surface area contributed by atoms with E-state index in [-0.39, 0.29) is 11.1 Å². The molecule has 0 atom stereocenters. The lowest BCUT2D eigenvalue weighted by atomic mass is 10.00. The van der Waals surface area contributed by atoms with Crippen LogP contribution in [0.5, 0.6) is 5.75 Å². The number of halogens is 7. The summed E-state index contributed by atoms with van der Waals surface area (Å²) in [5.74, 6) is 0.230. The van der Waals surface area contributed by atoms with Crippen LogP contribution in [-0.4, -0.2) is 6.36 Å². The molecule has 1 nitrogen and oxygen atoms in total. The summed E-state index contributed by atoms with van der Waals surface area (Å²) < 4.78 is 92.7. The molecule has 0 spiro atoms. The van der Waals surface area contributed by atoms with Crippen molar-refractivity contribution in [2.75, 3.05) is 0 Å². The van der Waals surface area contributed by atoms with Crippen LogP contribution in [0.15, 0.2) is 36.4 Å². The predicted octanol–water partition coefficient (Wildman–Crippen LogP) is 5.39. The van der Waals surface area contributed by atoms with E-state index in [1.807, 2.05) is 5.92 Å². The average Bonchev–Trinajstić information content (AvgIpc) is 2.44. The molecule has 126 valence electrons. The number of terminal acetylenes is 1. The third kappa shape index (κ3) is 4.19. The third-order valence-electron chi connectivity index (χ3n) is 2.91. The highest BCUT2D eigenvalue weighted by atomic mass is 19.4. The lowest BCUT2D eigenvalue weighted by molar-refractivity contribution is -0.274. The first kappa shape index (κ1) is 17.7. The van der Waals surface area contributed by atoms with E-state index in [4.69, 9.17) is 6.42 Å².